The van der Waals surface area contributed by atoms with Gasteiger partial charge in [-0.15, -0.1) is 0 Å². The SMILES string of the molecule is COc1ccc(C#CC2(O)CCN(C)CC2)cc1-c1n[nH]c2nc(Nc3ccc(F)cc3F)ncc12. The van der Waals surface area contributed by atoms with Crippen LogP contribution in [0.15, 0.2) is 42.6 Å². The van der Waals surface area contributed by atoms with Gasteiger partial charge in [-0.05, 0) is 37.4 Å². The van der Waals surface area contributed by atoms with Crippen molar-refractivity contribution in [1.29, 1.82) is 0 Å². The average molecular weight is 491 g/mol. The van der Waals surface area contributed by atoms with Gasteiger partial charge in [0, 0.05) is 49.3 Å². The molecule has 3 heterocycles. The summed E-state index contributed by atoms with van der Waals surface area (Å²) in [5.74, 6) is 5.43. The molecule has 184 valence electrons. The first-order chi connectivity index (χ1) is 17.3. The molecule has 5 rings (SSSR count). The minimum absolute atomic E-state index is 0.0506. The Bertz CT molecular complexity index is 1490. The molecule has 0 aliphatic carbocycles. The molecule has 36 heavy (non-hydrogen) atoms. The normalized spacial score (nSPS) is 15.4. The van der Waals surface area contributed by atoms with Gasteiger partial charge >= 0.3 is 0 Å². The quantitative estimate of drug-likeness (QED) is 0.374. The zero-order valence-corrected chi connectivity index (χ0v) is 19.8. The molecule has 2 aromatic carbocycles. The van der Waals surface area contributed by atoms with Gasteiger partial charge in [0.25, 0.3) is 0 Å². The number of piperidine rings is 1. The maximum Gasteiger partial charge on any atom is 0.229 e. The van der Waals surface area contributed by atoms with Crippen LogP contribution in [0, 0.1) is 23.5 Å². The summed E-state index contributed by atoms with van der Waals surface area (Å²) < 4.78 is 32.7. The van der Waals surface area contributed by atoms with E-state index in [9.17, 15) is 13.9 Å². The van der Waals surface area contributed by atoms with E-state index in [-0.39, 0.29) is 11.6 Å². The van der Waals surface area contributed by atoms with Crippen molar-refractivity contribution in [2.24, 2.45) is 0 Å². The highest BCUT2D eigenvalue weighted by atomic mass is 19.1. The topological polar surface area (TPSA) is 99.2 Å². The van der Waals surface area contributed by atoms with E-state index in [4.69, 9.17) is 4.74 Å². The van der Waals surface area contributed by atoms with Crippen molar-refractivity contribution >= 4 is 22.7 Å². The minimum atomic E-state index is -1.01. The number of hydrogen-bond acceptors (Lipinski definition) is 7. The van der Waals surface area contributed by atoms with E-state index in [0.29, 0.717) is 46.4 Å². The molecule has 4 aromatic rings. The van der Waals surface area contributed by atoms with Crippen molar-refractivity contribution in [3.63, 3.8) is 0 Å². The van der Waals surface area contributed by atoms with Crippen molar-refractivity contribution in [2.45, 2.75) is 18.4 Å². The molecule has 0 spiro atoms. The molecule has 1 fully saturated rings. The fourth-order valence-corrected chi connectivity index (χ4v) is 4.06. The molecule has 8 nitrogen and oxygen atoms in total. The second kappa shape index (κ2) is 9.53. The van der Waals surface area contributed by atoms with E-state index in [0.717, 1.165) is 25.2 Å². The lowest BCUT2D eigenvalue weighted by molar-refractivity contribution is 0.0350. The van der Waals surface area contributed by atoms with Crippen LogP contribution in [0.3, 0.4) is 0 Å². The lowest BCUT2D eigenvalue weighted by atomic mass is 9.92. The zero-order valence-electron chi connectivity index (χ0n) is 19.8. The molecular formula is C26H24F2N6O2. The van der Waals surface area contributed by atoms with Gasteiger partial charge < -0.3 is 20.1 Å². The number of aromatic nitrogens is 4. The van der Waals surface area contributed by atoms with Crippen molar-refractivity contribution in [1.82, 2.24) is 25.1 Å². The first-order valence-corrected chi connectivity index (χ1v) is 11.4. The summed E-state index contributed by atoms with van der Waals surface area (Å²) in [6, 6.07) is 8.68. The molecule has 10 heteroatoms. The van der Waals surface area contributed by atoms with Crippen LogP contribution in [-0.4, -0.2) is 63.0 Å². The summed E-state index contributed by atoms with van der Waals surface area (Å²) in [7, 11) is 3.59. The number of H-pyrrole nitrogens is 1. The molecular weight excluding hydrogens is 466 g/mol. The van der Waals surface area contributed by atoms with Crippen LogP contribution in [-0.2, 0) is 0 Å². The highest BCUT2D eigenvalue weighted by molar-refractivity contribution is 5.92. The van der Waals surface area contributed by atoms with Crippen LogP contribution in [0.5, 0.6) is 5.75 Å². The van der Waals surface area contributed by atoms with Crippen LogP contribution >= 0.6 is 0 Å². The molecule has 1 aliphatic heterocycles. The van der Waals surface area contributed by atoms with Crippen molar-refractivity contribution < 1.29 is 18.6 Å². The standard InChI is InChI=1S/C26H24F2N6O2/c1-34-11-9-26(35,10-12-34)8-7-16-3-6-22(36-2)18(13-16)23-19-15-29-25(31-24(19)33-32-23)30-21-5-4-17(27)14-20(21)28/h3-6,13-15,35H,9-12H2,1-2H3,(H2,29,30,31,32,33). The molecule has 1 aliphatic rings. The number of aromatic amines is 1. The molecule has 1 saturated heterocycles. The fraction of sp³-hybridized carbons (Fsp3) is 0.269. The Morgan fingerprint density at radius 1 is 1.17 bits per heavy atom. The number of halogens is 2. The Kier molecular flexibility index (Phi) is 6.26. The Balaban J connectivity index is 1.45. The summed E-state index contributed by atoms with van der Waals surface area (Å²) in [4.78, 5) is 10.8. The number of likely N-dealkylation sites (tertiary alicyclic amines) is 1. The predicted octanol–water partition coefficient (Wildman–Crippen LogP) is 3.86. The molecule has 0 unspecified atom stereocenters. The summed E-state index contributed by atoms with van der Waals surface area (Å²) in [5, 5.41) is 21.4. The van der Waals surface area contributed by atoms with E-state index < -0.39 is 17.2 Å². The lowest BCUT2D eigenvalue weighted by Crippen LogP contribution is -2.41. The number of ether oxygens (including phenoxy) is 1. The Hall–Kier alpha value is -4.07. The molecule has 2 aromatic heterocycles. The van der Waals surface area contributed by atoms with E-state index in [1.807, 2.05) is 19.2 Å². The van der Waals surface area contributed by atoms with E-state index in [1.165, 1.54) is 6.07 Å². The number of benzene rings is 2. The summed E-state index contributed by atoms with van der Waals surface area (Å²) in [6.45, 7) is 1.59. The molecule has 0 saturated carbocycles. The minimum Gasteiger partial charge on any atom is -0.496 e. The number of fused-ring (bicyclic) bond motifs is 1. The molecule has 3 N–H and O–H groups in total. The second-order valence-corrected chi connectivity index (χ2v) is 8.78. The van der Waals surface area contributed by atoms with Crippen LogP contribution in [0.2, 0.25) is 0 Å². The Morgan fingerprint density at radius 2 is 1.97 bits per heavy atom. The van der Waals surface area contributed by atoms with Gasteiger partial charge in [0.05, 0.1) is 18.2 Å². The largest absolute Gasteiger partial charge is 0.496 e. The number of nitrogens with one attached hydrogen (secondary N) is 2. The Morgan fingerprint density at radius 3 is 2.72 bits per heavy atom. The summed E-state index contributed by atoms with van der Waals surface area (Å²) in [5.41, 5.74) is 1.41. The maximum absolute atomic E-state index is 14.0. The van der Waals surface area contributed by atoms with E-state index in [2.05, 4.69) is 42.2 Å². The van der Waals surface area contributed by atoms with Gasteiger partial charge in [0.2, 0.25) is 5.95 Å². The number of nitrogens with zero attached hydrogens (tertiary/aromatic N) is 4. The first-order valence-electron chi connectivity index (χ1n) is 11.4. The van der Waals surface area contributed by atoms with Gasteiger partial charge in [-0.1, -0.05) is 11.8 Å². The third kappa shape index (κ3) is 4.84. The molecule has 0 amide bonds. The maximum atomic E-state index is 14.0. The van der Waals surface area contributed by atoms with Crippen LogP contribution in [0.1, 0.15) is 18.4 Å². The van der Waals surface area contributed by atoms with Crippen LogP contribution in [0.25, 0.3) is 22.3 Å². The van der Waals surface area contributed by atoms with Crippen LogP contribution < -0.4 is 10.1 Å². The molecule has 0 radical (unpaired) electrons. The predicted molar refractivity (Wildman–Crippen MR) is 132 cm³/mol. The zero-order chi connectivity index (χ0) is 25.3. The van der Waals surface area contributed by atoms with Crippen molar-refractivity contribution in [2.75, 3.05) is 32.6 Å². The van der Waals surface area contributed by atoms with E-state index >= 15 is 0 Å². The number of rotatable bonds is 4. The highest BCUT2D eigenvalue weighted by Crippen LogP contribution is 2.34. The number of aliphatic hydroxyl groups is 1. The number of anilines is 2. The highest BCUT2D eigenvalue weighted by Gasteiger charge is 2.29. The van der Waals surface area contributed by atoms with Crippen molar-refractivity contribution in [3.05, 3.63) is 59.8 Å². The molecule has 0 bridgehead atoms. The summed E-state index contributed by atoms with van der Waals surface area (Å²) >= 11 is 0. The average Bonchev–Trinajstić information content (AvgIpc) is 3.29. The van der Waals surface area contributed by atoms with Gasteiger partial charge in [-0.2, -0.15) is 10.1 Å². The summed E-state index contributed by atoms with van der Waals surface area (Å²) in [6.07, 6.45) is 2.75. The van der Waals surface area contributed by atoms with Gasteiger partial charge in [0.15, 0.2) is 5.65 Å². The van der Waals surface area contributed by atoms with Gasteiger partial charge in [-0.3, -0.25) is 5.10 Å². The van der Waals surface area contributed by atoms with E-state index in [1.54, 1.807) is 19.4 Å². The molecule has 0 atom stereocenters. The van der Waals surface area contributed by atoms with Gasteiger partial charge in [0.1, 0.15) is 28.7 Å². The Labute approximate surface area is 206 Å². The first kappa shape index (κ1) is 23.7. The second-order valence-electron chi connectivity index (χ2n) is 8.78. The third-order valence-corrected chi connectivity index (χ3v) is 6.20. The fourth-order valence-electron chi connectivity index (χ4n) is 4.06. The number of hydrogen-bond donors (Lipinski definition) is 3. The van der Waals surface area contributed by atoms with Gasteiger partial charge in [-0.25, -0.2) is 13.8 Å². The van der Waals surface area contributed by atoms with Crippen molar-refractivity contribution in [3.8, 4) is 28.8 Å². The van der Waals surface area contributed by atoms with Crippen LogP contribution in [0.4, 0.5) is 20.4 Å². The lowest BCUT2D eigenvalue weighted by Gasteiger charge is -2.32. The smallest absolute Gasteiger partial charge is 0.229 e. The monoisotopic (exact) mass is 490 g/mol. The number of methoxy groups -OCH3 is 1. The third-order valence-electron chi connectivity index (χ3n) is 6.20.